The number of nitrogens with two attached hydrogens (primary N) is 1. The third kappa shape index (κ3) is 2.84. The molecule has 0 amide bonds. The highest BCUT2D eigenvalue weighted by Gasteiger charge is 2.10. The summed E-state index contributed by atoms with van der Waals surface area (Å²) in [6, 6.07) is 3.74. The molecule has 0 saturated heterocycles. The molecule has 0 saturated carbocycles. The van der Waals surface area contributed by atoms with Gasteiger partial charge >= 0.3 is 0 Å². The first-order chi connectivity index (χ1) is 7.25. The molecule has 78 valence electrons. The van der Waals surface area contributed by atoms with E-state index in [4.69, 9.17) is 5.73 Å². The van der Waals surface area contributed by atoms with Gasteiger partial charge in [-0.2, -0.15) is 0 Å². The second-order valence-corrected chi connectivity index (χ2v) is 5.06. The second-order valence-electron chi connectivity index (χ2n) is 3.15. The molecule has 5 heteroatoms. The monoisotopic (exact) mass is 283 g/mol. The van der Waals surface area contributed by atoms with Gasteiger partial charge in [0.1, 0.15) is 5.82 Å². The van der Waals surface area contributed by atoms with E-state index in [0.29, 0.717) is 5.82 Å². The molecule has 3 nitrogen and oxygen atoms in total. The largest absolute Gasteiger partial charge is 0.321 e. The van der Waals surface area contributed by atoms with Gasteiger partial charge in [-0.1, -0.05) is 0 Å². The molecule has 0 radical (unpaired) electrons. The third-order valence-electron chi connectivity index (χ3n) is 1.96. The predicted octanol–water partition coefficient (Wildman–Crippen LogP) is 2.54. The van der Waals surface area contributed by atoms with Crippen molar-refractivity contribution in [3.05, 3.63) is 45.1 Å². The normalized spacial score (nSPS) is 12.7. The number of halogens is 1. The van der Waals surface area contributed by atoms with Gasteiger partial charge in [-0.25, -0.2) is 9.97 Å². The zero-order valence-electron chi connectivity index (χ0n) is 7.93. The quantitative estimate of drug-likeness (QED) is 0.942. The standard InChI is InChI=1S/C10H10BrN3S/c11-7-4-8(15-6-7)5-9(12)10-13-2-1-3-14-10/h1-4,6,9H,5,12H2. The molecule has 0 aliphatic rings. The van der Waals surface area contributed by atoms with Crippen LogP contribution in [0.4, 0.5) is 0 Å². The molecule has 0 bridgehead atoms. The van der Waals surface area contributed by atoms with Gasteiger partial charge in [0, 0.05) is 33.5 Å². The van der Waals surface area contributed by atoms with Crippen LogP contribution in [0.5, 0.6) is 0 Å². The lowest BCUT2D eigenvalue weighted by molar-refractivity contribution is 0.672. The maximum atomic E-state index is 6.00. The van der Waals surface area contributed by atoms with Gasteiger partial charge in [-0.3, -0.25) is 0 Å². The molecule has 15 heavy (non-hydrogen) atoms. The molecule has 2 aromatic rings. The Morgan fingerprint density at radius 3 is 2.73 bits per heavy atom. The SMILES string of the molecule is NC(Cc1cc(Br)cs1)c1ncccn1. The molecule has 0 fully saturated rings. The fourth-order valence-electron chi connectivity index (χ4n) is 1.27. The summed E-state index contributed by atoms with van der Waals surface area (Å²) in [5.41, 5.74) is 6.00. The lowest BCUT2D eigenvalue weighted by Crippen LogP contribution is -2.15. The second kappa shape index (κ2) is 4.83. The maximum Gasteiger partial charge on any atom is 0.145 e. The van der Waals surface area contributed by atoms with Crippen LogP contribution in [0.1, 0.15) is 16.7 Å². The maximum absolute atomic E-state index is 6.00. The molecule has 0 aliphatic carbocycles. The Morgan fingerprint density at radius 1 is 1.40 bits per heavy atom. The van der Waals surface area contributed by atoms with E-state index in [1.165, 1.54) is 4.88 Å². The van der Waals surface area contributed by atoms with Crippen LogP contribution in [-0.4, -0.2) is 9.97 Å². The minimum absolute atomic E-state index is 0.128. The van der Waals surface area contributed by atoms with Crippen LogP contribution in [0.2, 0.25) is 0 Å². The molecule has 2 aromatic heterocycles. The molecular weight excluding hydrogens is 274 g/mol. The van der Waals surface area contributed by atoms with E-state index >= 15 is 0 Å². The Hall–Kier alpha value is -0.780. The van der Waals surface area contributed by atoms with Crippen molar-refractivity contribution in [2.45, 2.75) is 12.5 Å². The van der Waals surface area contributed by atoms with E-state index in [-0.39, 0.29) is 6.04 Å². The van der Waals surface area contributed by atoms with Crippen molar-refractivity contribution < 1.29 is 0 Å². The minimum atomic E-state index is -0.128. The summed E-state index contributed by atoms with van der Waals surface area (Å²) in [5, 5.41) is 2.05. The zero-order chi connectivity index (χ0) is 10.7. The lowest BCUT2D eigenvalue weighted by Gasteiger charge is -2.07. The molecule has 2 heterocycles. The van der Waals surface area contributed by atoms with Gasteiger partial charge in [0.15, 0.2) is 0 Å². The first kappa shape index (κ1) is 10.7. The third-order valence-corrected chi connectivity index (χ3v) is 3.68. The van der Waals surface area contributed by atoms with Crippen molar-refractivity contribution >= 4 is 27.3 Å². The number of nitrogens with zero attached hydrogens (tertiary/aromatic N) is 2. The Bertz CT molecular complexity index is 429. The van der Waals surface area contributed by atoms with Crippen LogP contribution >= 0.6 is 27.3 Å². The van der Waals surface area contributed by atoms with E-state index in [1.54, 1.807) is 29.8 Å². The Labute approximate surface area is 101 Å². The minimum Gasteiger partial charge on any atom is -0.321 e. The molecule has 1 atom stereocenters. The van der Waals surface area contributed by atoms with Crippen LogP contribution in [0, 0.1) is 0 Å². The number of aromatic nitrogens is 2. The molecular formula is C10H10BrN3S. The first-order valence-electron chi connectivity index (χ1n) is 4.51. The van der Waals surface area contributed by atoms with E-state index < -0.39 is 0 Å². The van der Waals surface area contributed by atoms with Gasteiger partial charge in [0.05, 0.1) is 6.04 Å². The van der Waals surface area contributed by atoms with Crippen molar-refractivity contribution in [3.8, 4) is 0 Å². The Balaban J connectivity index is 2.07. The summed E-state index contributed by atoms with van der Waals surface area (Å²) in [6.07, 6.45) is 4.21. The highest BCUT2D eigenvalue weighted by atomic mass is 79.9. The summed E-state index contributed by atoms with van der Waals surface area (Å²) in [5.74, 6) is 0.696. The van der Waals surface area contributed by atoms with Crippen molar-refractivity contribution in [1.82, 2.24) is 9.97 Å². The van der Waals surface area contributed by atoms with Crippen LogP contribution in [-0.2, 0) is 6.42 Å². The van der Waals surface area contributed by atoms with Crippen molar-refractivity contribution in [3.63, 3.8) is 0 Å². The van der Waals surface area contributed by atoms with Crippen molar-refractivity contribution in [2.75, 3.05) is 0 Å². The molecule has 2 N–H and O–H groups in total. The predicted molar refractivity (Wildman–Crippen MR) is 64.7 cm³/mol. The highest BCUT2D eigenvalue weighted by Crippen LogP contribution is 2.23. The Morgan fingerprint density at radius 2 is 2.13 bits per heavy atom. The van der Waals surface area contributed by atoms with E-state index in [1.807, 2.05) is 5.38 Å². The fourth-order valence-corrected chi connectivity index (χ4v) is 2.78. The summed E-state index contributed by atoms with van der Waals surface area (Å²) >= 11 is 5.11. The van der Waals surface area contributed by atoms with Crippen LogP contribution in [0.25, 0.3) is 0 Å². The molecule has 0 aliphatic heterocycles. The summed E-state index contributed by atoms with van der Waals surface area (Å²) < 4.78 is 1.10. The lowest BCUT2D eigenvalue weighted by atomic mass is 10.2. The topological polar surface area (TPSA) is 51.8 Å². The number of thiophene rings is 1. The molecule has 0 aromatic carbocycles. The summed E-state index contributed by atoms with van der Waals surface area (Å²) in [6.45, 7) is 0. The highest BCUT2D eigenvalue weighted by molar-refractivity contribution is 9.10. The van der Waals surface area contributed by atoms with E-state index in [2.05, 4.69) is 32.0 Å². The van der Waals surface area contributed by atoms with Gasteiger partial charge < -0.3 is 5.73 Å². The van der Waals surface area contributed by atoms with E-state index in [0.717, 1.165) is 10.9 Å². The summed E-state index contributed by atoms with van der Waals surface area (Å²) in [4.78, 5) is 9.51. The number of hydrogen-bond acceptors (Lipinski definition) is 4. The molecule has 0 spiro atoms. The van der Waals surface area contributed by atoms with Crippen molar-refractivity contribution in [2.24, 2.45) is 5.73 Å². The van der Waals surface area contributed by atoms with Crippen LogP contribution in [0.15, 0.2) is 34.4 Å². The molecule has 2 rings (SSSR count). The first-order valence-corrected chi connectivity index (χ1v) is 6.18. The van der Waals surface area contributed by atoms with Crippen molar-refractivity contribution in [1.29, 1.82) is 0 Å². The van der Waals surface area contributed by atoms with Gasteiger partial charge in [-0.15, -0.1) is 11.3 Å². The zero-order valence-corrected chi connectivity index (χ0v) is 10.3. The van der Waals surface area contributed by atoms with Gasteiger partial charge in [0.25, 0.3) is 0 Å². The van der Waals surface area contributed by atoms with Crippen LogP contribution in [0.3, 0.4) is 0 Å². The van der Waals surface area contributed by atoms with Gasteiger partial charge in [0.2, 0.25) is 0 Å². The fraction of sp³-hybridized carbons (Fsp3) is 0.200. The smallest absolute Gasteiger partial charge is 0.145 e. The average molecular weight is 284 g/mol. The number of hydrogen-bond donors (Lipinski definition) is 1. The van der Waals surface area contributed by atoms with E-state index in [9.17, 15) is 0 Å². The van der Waals surface area contributed by atoms with Crippen LogP contribution < -0.4 is 5.73 Å². The molecule has 1 unspecified atom stereocenters. The number of rotatable bonds is 3. The average Bonchev–Trinajstić information content (AvgIpc) is 2.65. The Kier molecular flexibility index (Phi) is 3.45. The summed E-state index contributed by atoms with van der Waals surface area (Å²) in [7, 11) is 0. The van der Waals surface area contributed by atoms with Gasteiger partial charge in [-0.05, 0) is 28.1 Å².